The molecular formula is Ag2BF4. The minimum Gasteiger partial charge on any atom is -0.418 e. The van der Waals surface area contributed by atoms with Gasteiger partial charge in [-0.2, -0.15) is 0 Å². The van der Waals surface area contributed by atoms with Gasteiger partial charge in [-0.25, -0.2) is 0 Å². The van der Waals surface area contributed by atoms with Crippen molar-refractivity contribution in [1.29, 1.82) is 0 Å². The second-order valence-corrected chi connectivity index (χ2v) is 0.495. The molecule has 0 nitrogen and oxygen atoms in total. The average molecular weight is 303 g/mol. The maximum Gasteiger partial charge on any atom is 1.00 e. The Balaban J connectivity index is -0.0000000800. The number of hydrogen-bond donors (Lipinski definition) is 0. The molecule has 7 heavy (non-hydrogen) atoms. The monoisotopic (exact) mass is 301 g/mol. The van der Waals surface area contributed by atoms with E-state index in [0.717, 1.165) is 0 Å². The summed E-state index contributed by atoms with van der Waals surface area (Å²) in [7, 11) is -6.00. The van der Waals surface area contributed by atoms with E-state index in [2.05, 4.69) is 0 Å². The Morgan fingerprint density at radius 2 is 0.857 bits per heavy atom. The fourth-order valence-electron chi connectivity index (χ4n) is 0. The van der Waals surface area contributed by atoms with Crippen molar-refractivity contribution in [3.63, 3.8) is 0 Å². The molecule has 1 radical (unpaired) electrons. The zero-order chi connectivity index (χ0) is 4.50. The van der Waals surface area contributed by atoms with Crippen LogP contribution in [0.5, 0.6) is 0 Å². The molecule has 0 aliphatic heterocycles. The van der Waals surface area contributed by atoms with E-state index in [0.29, 0.717) is 0 Å². The van der Waals surface area contributed by atoms with Gasteiger partial charge in [0.1, 0.15) is 0 Å². The maximum absolute atomic E-state index is 9.75. The number of hydrogen-bond acceptors (Lipinski definition) is 0. The van der Waals surface area contributed by atoms with E-state index in [1.54, 1.807) is 0 Å². The quantitative estimate of drug-likeness (QED) is 0.467. The molecule has 7 heteroatoms. The molecule has 0 spiro atoms. The minimum atomic E-state index is -6.00. The van der Waals surface area contributed by atoms with Gasteiger partial charge in [0.25, 0.3) is 0 Å². The third kappa shape index (κ3) is 126. The second-order valence-electron chi connectivity index (χ2n) is 0.495. The van der Waals surface area contributed by atoms with Crippen molar-refractivity contribution in [3.05, 3.63) is 0 Å². The molecule has 0 aromatic carbocycles. The molecule has 0 rings (SSSR count). The Morgan fingerprint density at radius 3 is 0.857 bits per heavy atom. The van der Waals surface area contributed by atoms with Crippen molar-refractivity contribution in [3.8, 4) is 0 Å². The predicted molar refractivity (Wildman–Crippen MR) is 10.2 cm³/mol. The van der Waals surface area contributed by atoms with Crippen molar-refractivity contribution in [2.45, 2.75) is 0 Å². The van der Waals surface area contributed by atoms with Crippen LogP contribution in [0.15, 0.2) is 0 Å². The van der Waals surface area contributed by atoms with E-state index in [9.17, 15) is 17.3 Å². The first-order valence-corrected chi connectivity index (χ1v) is 0.873. The van der Waals surface area contributed by atoms with Crippen molar-refractivity contribution < 1.29 is 62.0 Å². The molecule has 0 saturated carbocycles. The van der Waals surface area contributed by atoms with Gasteiger partial charge in [-0.1, -0.05) is 0 Å². The third-order valence-electron chi connectivity index (χ3n) is 0. The van der Waals surface area contributed by atoms with Crippen LogP contribution in [-0.4, -0.2) is 7.25 Å². The second kappa shape index (κ2) is 5.40. The third-order valence-corrected chi connectivity index (χ3v) is 0. The van der Waals surface area contributed by atoms with E-state index in [4.69, 9.17) is 0 Å². The maximum atomic E-state index is 9.75. The molecule has 0 aromatic heterocycles. The zero-order valence-corrected chi connectivity index (χ0v) is 5.66. The summed E-state index contributed by atoms with van der Waals surface area (Å²) in [5.74, 6) is 0. The summed E-state index contributed by atoms with van der Waals surface area (Å²) in [6.45, 7) is 0. The van der Waals surface area contributed by atoms with Gasteiger partial charge in [-0.05, 0) is 0 Å². The summed E-state index contributed by atoms with van der Waals surface area (Å²) in [5.41, 5.74) is 0. The van der Waals surface area contributed by atoms with Crippen LogP contribution in [0, 0.1) is 0 Å². The summed E-state index contributed by atoms with van der Waals surface area (Å²) >= 11 is 0. The molecule has 0 aliphatic carbocycles. The van der Waals surface area contributed by atoms with Gasteiger partial charge in [0, 0.05) is 22.4 Å². The molecule has 0 amide bonds. The Morgan fingerprint density at radius 1 is 0.857 bits per heavy atom. The van der Waals surface area contributed by atoms with E-state index in [1.807, 2.05) is 0 Å². The molecule has 0 bridgehead atoms. The molecule has 0 N–H and O–H groups in total. The zero-order valence-electron chi connectivity index (χ0n) is 2.69. The van der Waals surface area contributed by atoms with Crippen LogP contribution < -0.4 is 0 Å². The van der Waals surface area contributed by atoms with Gasteiger partial charge in [0.15, 0.2) is 0 Å². The van der Waals surface area contributed by atoms with Crippen molar-refractivity contribution in [2.24, 2.45) is 0 Å². The first-order valence-electron chi connectivity index (χ1n) is 0.873. The Labute approximate surface area is 69.2 Å². The van der Waals surface area contributed by atoms with Crippen molar-refractivity contribution in [1.82, 2.24) is 0 Å². The van der Waals surface area contributed by atoms with E-state index in [1.165, 1.54) is 0 Å². The summed E-state index contributed by atoms with van der Waals surface area (Å²) in [6, 6.07) is 0. The fraction of sp³-hybridized carbons (Fsp3) is 0. The smallest absolute Gasteiger partial charge is 0.418 e. The van der Waals surface area contributed by atoms with Crippen LogP contribution >= 0.6 is 0 Å². The van der Waals surface area contributed by atoms with Crippen LogP contribution in [0.2, 0.25) is 0 Å². The topological polar surface area (TPSA) is 0 Å². The number of rotatable bonds is 0. The number of halogens is 4. The normalized spacial score (nSPS) is 8.57. The fourth-order valence-corrected chi connectivity index (χ4v) is 0. The van der Waals surface area contributed by atoms with Gasteiger partial charge in [0.05, 0.1) is 0 Å². The van der Waals surface area contributed by atoms with Gasteiger partial charge in [0.2, 0.25) is 0 Å². The van der Waals surface area contributed by atoms with Gasteiger partial charge in [-0.15, -0.1) is 0 Å². The predicted octanol–water partition coefficient (Wildman–Crippen LogP) is 1.30. The van der Waals surface area contributed by atoms with Crippen LogP contribution in [-0.2, 0) is 44.8 Å². The van der Waals surface area contributed by atoms with Crippen LogP contribution in [0.4, 0.5) is 17.3 Å². The minimum absolute atomic E-state index is 0. The Kier molecular flexibility index (Phi) is 12.1. The van der Waals surface area contributed by atoms with Crippen LogP contribution in [0.25, 0.3) is 0 Å². The van der Waals surface area contributed by atoms with Crippen molar-refractivity contribution >= 4 is 7.25 Å². The van der Waals surface area contributed by atoms with E-state index >= 15 is 0 Å². The Bertz CT molecular complexity index is 25.2. The summed E-state index contributed by atoms with van der Waals surface area (Å²) in [6.07, 6.45) is 0. The van der Waals surface area contributed by atoms with Crippen LogP contribution in [0.3, 0.4) is 0 Å². The molecular weight excluding hydrogens is 303 g/mol. The largest absolute Gasteiger partial charge is 1.00 e. The Hall–Kier alpha value is 1.27. The molecule has 0 atom stereocenters. The summed E-state index contributed by atoms with van der Waals surface area (Å²) < 4.78 is 39.0. The van der Waals surface area contributed by atoms with Gasteiger partial charge < -0.3 is 17.3 Å². The molecule has 53 valence electrons. The van der Waals surface area contributed by atoms with Crippen LogP contribution in [0.1, 0.15) is 0 Å². The molecule has 0 aromatic rings. The summed E-state index contributed by atoms with van der Waals surface area (Å²) in [4.78, 5) is 0. The van der Waals surface area contributed by atoms with E-state index in [-0.39, 0.29) is 44.8 Å². The van der Waals surface area contributed by atoms with Gasteiger partial charge in [-0.3, -0.25) is 0 Å². The first-order chi connectivity index (χ1) is 2.00. The molecule has 0 heterocycles. The van der Waals surface area contributed by atoms with Gasteiger partial charge >= 0.3 is 29.6 Å². The van der Waals surface area contributed by atoms with Crippen molar-refractivity contribution in [2.75, 3.05) is 0 Å². The molecule has 0 aliphatic rings. The standard InChI is InChI=1S/2Ag.BF4/c;;2-1(3,4)5/q;+1;-1. The van der Waals surface area contributed by atoms with E-state index < -0.39 is 7.25 Å². The molecule has 0 fully saturated rings. The molecule has 0 saturated heterocycles. The SMILES string of the molecule is F[B-](F)(F)F.[Ag+].[Ag]. The molecule has 0 unspecified atom stereocenters. The summed E-state index contributed by atoms with van der Waals surface area (Å²) in [5, 5.41) is 0. The average Bonchev–Trinajstić information content (AvgIpc) is 0.722. The first kappa shape index (κ1) is 15.7.